The van der Waals surface area contributed by atoms with Crippen molar-refractivity contribution in [3.63, 3.8) is 0 Å². The molecule has 1 aromatic heterocycles. The molecule has 1 heterocycles. The van der Waals surface area contributed by atoms with Crippen LogP contribution in [0.15, 0.2) is 24.3 Å². The maximum atomic E-state index is 12.7. The van der Waals surface area contributed by atoms with Crippen molar-refractivity contribution >= 4 is 17.6 Å². The molecule has 0 radical (unpaired) electrons. The summed E-state index contributed by atoms with van der Waals surface area (Å²) in [6.07, 6.45) is 0. The Kier molecular flexibility index (Phi) is 3.20. The summed E-state index contributed by atoms with van der Waals surface area (Å²) < 4.78 is 51.8. The number of para-hydroxylation sites is 1. The van der Waals surface area contributed by atoms with Gasteiger partial charge in [0.05, 0.1) is 55.3 Å². The zero-order valence-corrected chi connectivity index (χ0v) is 13.2. The first-order chi connectivity index (χ1) is 14.1. The number of nitrogens with zero attached hydrogens (tertiary/aromatic N) is 2. The SMILES string of the molecule is [2H]C([2H])([2H])OC(=O)c1c(C)nc(C)c(C(=O)OC([2H])([2H])[2H])c1-c1ccccc1[N+](=O)[O-]. The van der Waals surface area contributed by atoms with Gasteiger partial charge in [0, 0.05) is 11.6 Å². The molecule has 0 bridgehead atoms. The van der Waals surface area contributed by atoms with Crippen LogP contribution in [-0.2, 0) is 9.47 Å². The maximum Gasteiger partial charge on any atom is 0.340 e. The highest BCUT2D eigenvalue weighted by molar-refractivity contribution is 6.08. The highest BCUT2D eigenvalue weighted by atomic mass is 16.6. The van der Waals surface area contributed by atoms with Crippen LogP contribution in [0, 0.1) is 24.0 Å². The highest BCUT2D eigenvalue weighted by Crippen LogP contribution is 2.37. The Morgan fingerprint density at radius 3 is 2.08 bits per heavy atom. The van der Waals surface area contributed by atoms with E-state index in [1.807, 2.05) is 0 Å². The number of aryl methyl sites for hydroxylation is 2. The predicted molar refractivity (Wildman–Crippen MR) is 88.5 cm³/mol. The lowest BCUT2D eigenvalue weighted by molar-refractivity contribution is -0.384. The van der Waals surface area contributed by atoms with Gasteiger partial charge in [-0.25, -0.2) is 9.59 Å². The van der Waals surface area contributed by atoms with Crippen LogP contribution >= 0.6 is 0 Å². The van der Waals surface area contributed by atoms with Crippen molar-refractivity contribution in [1.29, 1.82) is 0 Å². The molecule has 0 atom stereocenters. The van der Waals surface area contributed by atoms with Crippen LogP contribution in [0.5, 0.6) is 0 Å². The van der Waals surface area contributed by atoms with E-state index in [9.17, 15) is 19.7 Å². The molecule has 8 heteroatoms. The van der Waals surface area contributed by atoms with Crippen LogP contribution in [0.2, 0.25) is 0 Å². The van der Waals surface area contributed by atoms with Gasteiger partial charge in [0.15, 0.2) is 0 Å². The number of ether oxygens (including phenoxy) is 2. The molecule has 0 saturated heterocycles. The standard InChI is InChI=1S/C17H16N2O6/c1-9-13(16(20)24-3)15(14(10(2)18-9)17(21)25-4)11-7-5-6-8-12(11)19(22)23/h5-8H,1-4H3/i3D3,4D3. The average molecular weight is 350 g/mol. The van der Waals surface area contributed by atoms with Gasteiger partial charge >= 0.3 is 11.9 Å². The lowest BCUT2D eigenvalue weighted by Gasteiger charge is -2.16. The van der Waals surface area contributed by atoms with Gasteiger partial charge in [0.1, 0.15) is 0 Å². The van der Waals surface area contributed by atoms with Gasteiger partial charge in [-0.2, -0.15) is 0 Å². The Labute approximate surface area is 152 Å². The number of pyridine rings is 1. The number of rotatable bonds is 4. The zero-order valence-electron chi connectivity index (χ0n) is 19.2. The summed E-state index contributed by atoms with van der Waals surface area (Å²) in [6, 6.07) is 5.03. The number of esters is 2. The number of nitro benzene ring substituents is 1. The molecule has 2 aromatic rings. The molecular formula is C17H16N2O6. The Balaban J connectivity index is 2.96. The first-order valence-electron chi connectivity index (χ1n) is 9.84. The summed E-state index contributed by atoms with van der Waals surface area (Å²) in [5.41, 5.74) is -2.48. The summed E-state index contributed by atoms with van der Waals surface area (Å²) in [5, 5.41) is 11.6. The number of nitro groups is 1. The highest BCUT2D eigenvalue weighted by Gasteiger charge is 2.30. The van der Waals surface area contributed by atoms with Crippen LogP contribution in [0.25, 0.3) is 11.1 Å². The molecule has 0 aliphatic rings. The lowest BCUT2D eigenvalue weighted by Crippen LogP contribution is -2.16. The Morgan fingerprint density at radius 1 is 1.08 bits per heavy atom. The summed E-state index contributed by atoms with van der Waals surface area (Å²) in [7, 11) is -6.32. The number of benzene rings is 1. The minimum atomic E-state index is -3.16. The van der Waals surface area contributed by atoms with Crippen LogP contribution in [0.4, 0.5) is 5.69 Å². The molecule has 2 rings (SSSR count). The van der Waals surface area contributed by atoms with E-state index in [4.69, 9.17) is 8.22 Å². The second kappa shape index (κ2) is 7.08. The van der Waals surface area contributed by atoms with E-state index in [1.165, 1.54) is 32.0 Å². The van der Waals surface area contributed by atoms with Crippen molar-refractivity contribution in [3.05, 3.63) is 56.9 Å². The largest absolute Gasteiger partial charge is 0.465 e. The predicted octanol–water partition coefficient (Wildman–Crippen LogP) is 2.85. The molecule has 0 aliphatic carbocycles. The fraction of sp³-hybridized carbons (Fsp3) is 0.235. The van der Waals surface area contributed by atoms with Crippen LogP contribution in [0.1, 0.15) is 40.3 Å². The van der Waals surface area contributed by atoms with E-state index in [1.54, 1.807) is 0 Å². The number of aromatic nitrogens is 1. The first-order valence-corrected chi connectivity index (χ1v) is 6.84. The number of carbonyl (C=O) groups is 2. The Hall–Kier alpha value is -3.29. The molecular weight excluding hydrogens is 328 g/mol. The summed E-state index contributed by atoms with van der Waals surface area (Å²) in [6.45, 7) is 2.61. The molecule has 25 heavy (non-hydrogen) atoms. The van der Waals surface area contributed by atoms with E-state index >= 15 is 0 Å². The van der Waals surface area contributed by atoms with Gasteiger partial charge in [0.2, 0.25) is 0 Å². The van der Waals surface area contributed by atoms with E-state index in [0.717, 1.165) is 6.07 Å². The third kappa shape index (κ3) is 3.18. The fourth-order valence-electron chi connectivity index (χ4n) is 2.57. The fourth-order valence-corrected chi connectivity index (χ4v) is 2.57. The molecule has 0 amide bonds. The van der Waals surface area contributed by atoms with E-state index in [-0.39, 0.29) is 17.0 Å². The third-order valence-corrected chi connectivity index (χ3v) is 3.52. The number of carbonyl (C=O) groups excluding carboxylic acids is 2. The van der Waals surface area contributed by atoms with Crippen LogP contribution < -0.4 is 0 Å². The number of hydrogen-bond donors (Lipinski definition) is 0. The summed E-state index contributed by atoms with van der Waals surface area (Å²) >= 11 is 0. The van der Waals surface area contributed by atoms with Gasteiger partial charge in [-0.15, -0.1) is 0 Å². The topological polar surface area (TPSA) is 109 Å². The van der Waals surface area contributed by atoms with Crippen LogP contribution in [-0.4, -0.2) is 35.9 Å². The molecule has 0 aliphatic heterocycles. The van der Waals surface area contributed by atoms with Crippen molar-refractivity contribution in [2.45, 2.75) is 13.8 Å². The number of hydrogen-bond acceptors (Lipinski definition) is 7. The van der Waals surface area contributed by atoms with Gasteiger partial charge in [-0.3, -0.25) is 15.1 Å². The second-order valence-electron chi connectivity index (χ2n) is 4.96. The van der Waals surface area contributed by atoms with Crippen molar-refractivity contribution in [2.75, 3.05) is 14.1 Å². The summed E-state index contributed by atoms with van der Waals surface area (Å²) in [4.78, 5) is 40.1. The number of methoxy groups -OCH3 is 2. The van der Waals surface area contributed by atoms with Gasteiger partial charge in [-0.05, 0) is 19.9 Å². The quantitative estimate of drug-likeness (QED) is 0.474. The van der Waals surface area contributed by atoms with Gasteiger partial charge in [-0.1, -0.05) is 12.1 Å². The van der Waals surface area contributed by atoms with Crippen molar-refractivity contribution < 1.29 is 32.2 Å². The lowest BCUT2D eigenvalue weighted by atomic mass is 9.91. The molecule has 130 valence electrons. The van der Waals surface area contributed by atoms with Gasteiger partial charge in [0.25, 0.3) is 5.69 Å². The van der Waals surface area contributed by atoms with E-state index in [0.29, 0.717) is 0 Å². The van der Waals surface area contributed by atoms with Gasteiger partial charge < -0.3 is 9.47 Å². The van der Waals surface area contributed by atoms with Crippen LogP contribution in [0.3, 0.4) is 0 Å². The molecule has 8 nitrogen and oxygen atoms in total. The molecule has 0 fully saturated rings. The third-order valence-electron chi connectivity index (χ3n) is 3.52. The normalized spacial score (nSPS) is 14.8. The summed E-state index contributed by atoms with van der Waals surface area (Å²) in [5.74, 6) is -2.86. The molecule has 0 saturated carbocycles. The zero-order chi connectivity index (χ0) is 23.7. The van der Waals surface area contributed by atoms with Crippen molar-refractivity contribution in [1.82, 2.24) is 4.98 Å². The average Bonchev–Trinajstić information content (AvgIpc) is 2.57. The second-order valence-corrected chi connectivity index (χ2v) is 4.96. The first kappa shape index (κ1) is 11.3. The monoisotopic (exact) mass is 350 g/mol. The smallest absolute Gasteiger partial charge is 0.340 e. The molecule has 0 spiro atoms. The molecule has 0 N–H and O–H groups in total. The minimum Gasteiger partial charge on any atom is -0.465 e. The maximum absolute atomic E-state index is 12.7. The molecule has 0 unspecified atom stereocenters. The van der Waals surface area contributed by atoms with E-state index < -0.39 is 53.3 Å². The molecule has 1 aromatic carbocycles. The van der Waals surface area contributed by atoms with Crippen molar-refractivity contribution in [3.8, 4) is 11.1 Å². The Bertz CT molecular complexity index is 1010. The van der Waals surface area contributed by atoms with Crippen molar-refractivity contribution in [2.24, 2.45) is 0 Å². The van der Waals surface area contributed by atoms with E-state index in [2.05, 4.69) is 14.5 Å². The Morgan fingerprint density at radius 2 is 1.60 bits per heavy atom. The minimum absolute atomic E-state index is 0.0923.